The van der Waals surface area contributed by atoms with E-state index in [-0.39, 0.29) is 108 Å². The second-order valence-electron chi connectivity index (χ2n) is 2.27. The molecule has 70 valence electrons. The third-order valence-electron chi connectivity index (χ3n) is 1.36. The molecule has 1 aromatic carbocycles. The molecule has 0 spiro atoms. The molecule has 1 aromatic rings. The number of hydrogen-bond acceptors (Lipinski definition) is 5. The van der Waals surface area contributed by atoms with Crippen LogP contribution in [0.3, 0.4) is 0 Å². The maximum Gasteiger partial charge on any atom is 1.00 e. The van der Waals surface area contributed by atoms with E-state index in [1.165, 1.54) is 0 Å². The average molecular weight is 278 g/mol. The number of aromatic carboxylic acids is 1. The first kappa shape index (κ1) is 19.2. The number of hydrogen-bond donors (Lipinski definition) is 0. The van der Waals surface area contributed by atoms with Gasteiger partial charge in [-0.1, -0.05) is 12.1 Å². The third-order valence-corrected chi connectivity index (χ3v) is 2.19. The zero-order valence-electron chi connectivity index (χ0n) is 8.26. The van der Waals surface area contributed by atoms with Gasteiger partial charge in [0.05, 0.1) is 10.9 Å². The van der Waals surface area contributed by atoms with Gasteiger partial charge in [0.25, 0.3) is 0 Å². The average Bonchev–Trinajstić information content (AvgIpc) is 2.03. The summed E-state index contributed by atoms with van der Waals surface area (Å²) in [7, 11) is -4.60. The van der Waals surface area contributed by atoms with Crippen LogP contribution in [0.2, 0.25) is 0 Å². The Labute approximate surface area is 172 Å². The molecule has 0 N–H and O–H groups in total. The Kier molecular flexibility index (Phi) is 10.3. The van der Waals surface area contributed by atoms with Crippen molar-refractivity contribution in [1.82, 2.24) is 0 Å². The number of carbonyl (C=O) groups excluding carboxylic acids is 1. The quantitative estimate of drug-likeness (QED) is 0.395. The number of benzene rings is 1. The van der Waals surface area contributed by atoms with E-state index in [2.05, 4.69) is 0 Å². The molecule has 0 heterocycles. The Hall–Kier alpha value is 1.87. The van der Waals surface area contributed by atoms with Gasteiger partial charge in [0, 0.05) is 0 Å². The number of carbonyl (C=O) groups is 1. The molecule has 0 amide bonds. The minimum absolute atomic E-state index is 0. The molecule has 0 aliphatic carbocycles. The SMILES string of the molecule is O=C([O-])c1cccc(S(=O)(=O)[O-])c1.[K+].[K+]. The van der Waals surface area contributed by atoms with Crippen molar-refractivity contribution in [2.75, 3.05) is 0 Å². The van der Waals surface area contributed by atoms with Crippen molar-refractivity contribution < 1.29 is 126 Å². The van der Waals surface area contributed by atoms with Crippen molar-refractivity contribution >= 4 is 16.1 Å². The molecule has 15 heavy (non-hydrogen) atoms. The number of carboxylic acid groups (broad SMARTS) is 1. The van der Waals surface area contributed by atoms with E-state index < -0.39 is 21.0 Å². The second-order valence-corrected chi connectivity index (χ2v) is 3.65. The summed E-state index contributed by atoms with van der Waals surface area (Å²) in [5.74, 6) is -1.52. The Morgan fingerprint density at radius 3 is 2.13 bits per heavy atom. The van der Waals surface area contributed by atoms with Crippen LogP contribution >= 0.6 is 0 Å². The molecular weight excluding hydrogens is 274 g/mol. The summed E-state index contributed by atoms with van der Waals surface area (Å²) in [6, 6.07) is 4.09. The Balaban J connectivity index is 0. The van der Waals surface area contributed by atoms with E-state index in [4.69, 9.17) is 0 Å². The molecule has 5 nitrogen and oxygen atoms in total. The van der Waals surface area contributed by atoms with Crippen molar-refractivity contribution in [2.24, 2.45) is 0 Å². The van der Waals surface area contributed by atoms with Crippen LogP contribution in [0.1, 0.15) is 10.4 Å². The van der Waals surface area contributed by atoms with Crippen LogP contribution in [-0.2, 0) is 10.1 Å². The first-order valence-electron chi connectivity index (χ1n) is 3.18. The van der Waals surface area contributed by atoms with Gasteiger partial charge in [-0.15, -0.1) is 0 Å². The zero-order valence-corrected chi connectivity index (χ0v) is 15.3. The molecule has 0 fully saturated rings. The first-order chi connectivity index (χ1) is 5.91. The van der Waals surface area contributed by atoms with Crippen LogP contribution in [0.5, 0.6) is 0 Å². The van der Waals surface area contributed by atoms with Gasteiger partial charge in [0.1, 0.15) is 10.1 Å². The molecule has 0 saturated carbocycles. The van der Waals surface area contributed by atoms with Crippen molar-refractivity contribution in [1.29, 1.82) is 0 Å². The predicted molar refractivity (Wildman–Crippen MR) is 38.7 cm³/mol. The standard InChI is InChI=1S/C7H6O5S.2K/c8-7(9)5-2-1-3-6(4-5)13(10,11)12;;/h1-4H,(H,8,9)(H,10,11,12);;/q;2*+1/p-2. The first-order valence-corrected chi connectivity index (χ1v) is 4.59. The van der Waals surface area contributed by atoms with Crippen molar-refractivity contribution in [3.05, 3.63) is 29.8 Å². The minimum Gasteiger partial charge on any atom is -0.744 e. The van der Waals surface area contributed by atoms with E-state index >= 15 is 0 Å². The minimum atomic E-state index is -4.60. The van der Waals surface area contributed by atoms with Crippen LogP contribution in [0, 0.1) is 0 Å². The maximum absolute atomic E-state index is 10.4. The molecule has 0 bridgehead atoms. The summed E-state index contributed by atoms with van der Waals surface area (Å²) in [4.78, 5) is 9.70. The Bertz CT molecular complexity index is 442. The molecule has 8 heteroatoms. The normalized spacial score (nSPS) is 9.67. The van der Waals surface area contributed by atoms with Gasteiger partial charge in [-0.05, 0) is 17.7 Å². The fourth-order valence-electron chi connectivity index (χ4n) is 0.779. The number of rotatable bonds is 2. The summed E-state index contributed by atoms with van der Waals surface area (Å²) in [5, 5.41) is 10.3. The van der Waals surface area contributed by atoms with Crippen LogP contribution < -0.4 is 108 Å². The fourth-order valence-corrected chi connectivity index (χ4v) is 1.30. The predicted octanol–water partition coefficient (Wildman–Crippen LogP) is -7.04. The second kappa shape index (κ2) is 8.06. The molecular formula is C7H4K2O5S. The molecule has 0 aromatic heterocycles. The van der Waals surface area contributed by atoms with Crippen LogP contribution in [-0.4, -0.2) is 18.9 Å². The topological polar surface area (TPSA) is 97.3 Å². The molecule has 0 radical (unpaired) electrons. The van der Waals surface area contributed by atoms with Crippen molar-refractivity contribution in [3.8, 4) is 0 Å². The summed E-state index contributed by atoms with van der Waals surface area (Å²) < 4.78 is 31.3. The monoisotopic (exact) mass is 278 g/mol. The fraction of sp³-hybridized carbons (Fsp3) is 0. The Morgan fingerprint density at radius 2 is 1.73 bits per heavy atom. The molecule has 0 atom stereocenters. The van der Waals surface area contributed by atoms with Crippen LogP contribution in [0.4, 0.5) is 0 Å². The van der Waals surface area contributed by atoms with Gasteiger partial charge in [-0.2, -0.15) is 0 Å². The summed E-state index contributed by atoms with van der Waals surface area (Å²) in [6.07, 6.45) is 0. The van der Waals surface area contributed by atoms with E-state index in [1.807, 2.05) is 0 Å². The van der Waals surface area contributed by atoms with Crippen molar-refractivity contribution in [2.45, 2.75) is 4.90 Å². The molecule has 0 aliphatic rings. The van der Waals surface area contributed by atoms with Crippen LogP contribution in [0.15, 0.2) is 29.2 Å². The molecule has 0 saturated heterocycles. The van der Waals surface area contributed by atoms with Crippen LogP contribution in [0.25, 0.3) is 0 Å². The largest absolute Gasteiger partial charge is 1.00 e. The van der Waals surface area contributed by atoms with E-state index in [0.29, 0.717) is 0 Å². The van der Waals surface area contributed by atoms with E-state index in [0.717, 1.165) is 24.3 Å². The summed E-state index contributed by atoms with van der Waals surface area (Å²) in [5.41, 5.74) is -0.336. The van der Waals surface area contributed by atoms with E-state index in [9.17, 15) is 22.9 Å². The van der Waals surface area contributed by atoms with Crippen molar-refractivity contribution in [3.63, 3.8) is 0 Å². The molecule has 0 aliphatic heterocycles. The van der Waals surface area contributed by atoms with Gasteiger partial charge in [-0.3, -0.25) is 0 Å². The zero-order chi connectivity index (χ0) is 10.1. The van der Waals surface area contributed by atoms with Gasteiger partial charge in [0.15, 0.2) is 0 Å². The molecule has 1 rings (SSSR count). The molecule has 0 unspecified atom stereocenters. The van der Waals surface area contributed by atoms with Gasteiger partial charge >= 0.3 is 103 Å². The maximum atomic E-state index is 10.4. The number of carboxylic acids is 1. The van der Waals surface area contributed by atoms with Gasteiger partial charge < -0.3 is 14.5 Å². The smallest absolute Gasteiger partial charge is 0.744 e. The Morgan fingerprint density at radius 1 is 1.20 bits per heavy atom. The van der Waals surface area contributed by atoms with E-state index in [1.54, 1.807) is 0 Å². The van der Waals surface area contributed by atoms with Gasteiger partial charge in [0.2, 0.25) is 0 Å². The summed E-state index contributed by atoms with van der Waals surface area (Å²) >= 11 is 0. The van der Waals surface area contributed by atoms with Gasteiger partial charge in [-0.25, -0.2) is 8.42 Å². The third kappa shape index (κ3) is 6.39. The summed E-state index contributed by atoms with van der Waals surface area (Å²) in [6.45, 7) is 0.